The number of aryl methyl sites for hydroxylation is 1. The van der Waals surface area contributed by atoms with Gasteiger partial charge in [0.05, 0.1) is 12.1 Å². The molecular weight excluding hydrogens is 236 g/mol. The summed E-state index contributed by atoms with van der Waals surface area (Å²) in [5.74, 6) is 0. The lowest BCUT2D eigenvalue weighted by Crippen LogP contribution is -2.08. The highest BCUT2D eigenvalue weighted by Crippen LogP contribution is 2.27. The molecule has 0 fully saturated rings. The number of methoxy groups -OCH3 is 1. The minimum atomic E-state index is 0.670. The summed E-state index contributed by atoms with van der Waals surface area (Å²) in [6.07, 6.45) is 1.80. The van der Waals surface area contributed by atoms with E-state index in [1.165, 1.54) is 0 Å². The molecule has 2 rings (SSSR count). The molecule has 0 aliphatic heterocycles. The summed E-state index contributed by atoms with van der Waals surface area (Å²) in [6, 6.07) is 5.82. The summed E-state index contributed by atoms with van der Waals surface area (Å²) >= 11 is 6.08. The van der Waals surface area contributed by atoms with Crippen molar-refractivity contribution in [2.24, 2.45) is 0 Å². The van der Waals surface area contributed by atoms with Crippen LogP contribution in [0.25, 0.3) is 10.9 Å². The highest BCUT2D eigenvalue weighted by atomic mass is 35.5. The number of anilines is 1. The standard InChI is InChI=1S/C13H15ClN2O/c1-9-7-10(14)8-11-12(15-5-6-17-2)3-4-16-13(9)11/h3-4,7-8H,5-6H2,1-2H3,(H,15,16). The van der Waals surface area contributed by atoms with E-state index in [2.05, 4.69) is 10.3 Å². The molecule has 2 aromatic rings. The summed E-state index contributed by atoms with van der Waals surface area (Å²) in [7, 11) is 1.69. The molecule has 1 N–H and O–H groups in total. The smallest absolute Gasteiger partial charge is 0.0752 e. The first-order chi connectivity index (χ1) is 8.22. The van der Waals surface area contributed by atoms with Gasteiger partial charge < -0.3 is 10.1 Å². The molecule has 0 amide bonds. The molecule has 0 saturated heterocycles. The second-order valence-corrected chi connectivity index (χ2v) is 4.33. The molecule has 0 bridgehead atoms. The lowest BCUT2D eigenvalue weighted by atomic mass is 10.1. The van der Waals surface area contributed by atoms with Crippen molar-refractivity contribution >= 4 is 28.2 Å². The van der Waals surface area contributed by atoms with Crippen molar-refractivity contribution in [1.29, 1.82) is 0 Å². The minimum absolute atomic E-state index is 0.670. The predicted octanol–water partition coefficient (Wildman–Crippen LogP) is 3.25. The molecule has 4 heteroatoms. The van der Waals surface area contributed by atoms with Gasteiger partial charge in [0, 0.05) is 35.9 Å². The number of nitrogens with zero attached hydrogens (tertiary/aromatic N) is 1. The van der Waals surface area contributed by atoms with Crippen molar-refractivity contribution < 1.29 is 4.74 Å². The van der Waals surface area contributed by atoms with Crippen molar-refractivity contribution in [2.75, 3.05) is 25.6 Å². The van der Waals surface area contributed by atoms with Crippen molar-refractivity contribution in [3.63, 3.8) is 0 Å². The van der Waals surface area contributed by atoms with E-state index in [9.17, 15) is 0 Å². The summed E-state index contributed by atoms with van der Waals surface area (Å²) in [4.78, 5) is 4.38. The molecule has 1 heterocycles. The second kappa shape index (κ2) is 5.34. The van der Waals surface area contributed by atoms with E-state index in [4.69, 9.17) is 16.3 Å². The molecule has 0 aliphatic rings. The maximum Gasteiger partial charge on any atom is 0.0752 e. The van der Waals surface area contributed by atoms with Gasteiger partial charge in [0.1, 0.15) is 0 Å². The second-order valence-electron chi connectivity index (χ2n) is 3.90. The third-order valence-electron chi connectivity index (χ3n) is 2.62. The highest BCUT2D eigenvalue weighted by Gasteiger charge is 2.05. The molecule has 0 aliphatic carbocycles. The van der Waals surface area contributed by atoms with Crippen LogP contribution in [0.15, 0.2) is 24.4 Å². The van der Waals surface area contributed by atoms with Crippen LogP contribution in [0.2, 0.25) is 5.02 Å². The quantitative estimate of drug-likeness (QED) is 0.846. The summed E-state index contributed by atoms with van der Waals surface area (Å²) < 4.78 is 5.02. The van der Waals surface area contributed by atoms with E-state index in [-0.39, 0.29) is 0 Å². The van der Waals surface area contributed by atoms with Gasteiger partial charge in [-0.05, 0) is 30.7 Å². The molecule has 17 heavy (non-hydrogen) atoms. The first kappa shape index (κ1) is 12.1. The van der Waals surface area contributed by atoms with Crippen LogP contribution in [0.5, 0.6) is 0 Å². The molecule has 3 nitrogen and oxygen atoms in total. The van der Waals surface area contributed by atoms with E-state index in [0.717, 1.165) is 33.7 Å². The van der Waals surface area contributed by atoms with Gasteiger partial charge >= 0.3 is 0 Å². The first-order valence-corrected chi connectivity index (χ1v) is 5.88. The molecule has 0 saturated carbocycles. The SMILES string of the molecule is COCCNc1ccnc2c(C)cc(Cl)cc12. The zero-order valence-electron chi connectivity index (χ0n) is 9.96. The van der Waals surface area contributed by atoms with Gasteiger partial charge in [0.25, 0.3) is 0 Å². The van der Waals surface area contributed by atoms with Crippen LogP contribution >= 0.6 is 11.6 Å². The van der Waals surface area contributed by atoms with E-state index in [1.807, 2.05) is 25.1 Å². The van der Waals surface area contributed by atoms with Gasteiger partial charge in [-0.3, -0.25) is 4.98 Å². The largest absolute Gasteiger partial charge is 0.383 e. The number of aromatic nitrogens is 1. The fourth-order valence-corrected chi connectivity index (χ4v) is 2.10. The Kier molecular flexibility index (Phi) is 3.82. The average molecular weight is 251 g/mol. The number of nitrogens with one attached hydrogen (secondary N) is 1. The molecule has 0 unspecified atom stereocenters. The summed E-state index contributed by atoms with van der Waals surface area (Å²) in [5, 5.41) is 5.10. The Morgan fingerprint density at radius 2 is 2.24 bits per heavy atom. The maximum absolute atomic E-state index is 6.08. The monoisotopic (exact) mass is 250 g/mol. The van der Waals surface area contributed by atoms with Crippen LogP contribution in [0.3, 0.4) is 0 Å². The van der Waals surface area contributed by atoms with E-state index in [0.29, 0.717) is 6.61 Å². The Balaban J connectivity index is 2.42. The molecule has 1 aromatic heterocycles. The molecular formula is C13H15ClN2O. The third kappa shape index (κ3) is 2.68. The van der Waals surface area contributed by atoms with E-state index >= 15 is 0 Å². The van der Waals surface area contributed by atoms with Gasteiger partial charge in [-0.15, -0.1) is 0 Å². The Hall–Kier alpha value is -1.32. The number of halogens is 1. The van der Waals surface area contributed by atoms with Gasteiger partial charge in [-0.2, -0.15) is 0 Å². The summed E-state index contributed by atoms with van der Waals surface area (Å²) in [6.45, 7) is 3.45. The minimum Gasteiger partial charge on any atom is -0.383 e. The van der Waals surface area contributed by atoms with Crippen molar-refractivity contribution in [3.05, 3.63) is 35.0 Å². The fourth-order valence-electron chi connectivity index (χ4n) is 1.83. The molecule has 0 spiro atoms. The number of fused-ring (bicyclic) bond motifs is 1. The predicted molar refractivity (Wildman–Crippen MR) is 71.9 cm³/mol. The maximum atomic E-state index is 6.08. The van der Waals surface area contributed by atoms with Crippen molar-refractivity contribution in [3.8, 4) is 0 Å². The highest BCUT2D eigenvalue weighted by molar-refractivity contribution is 6.31. The number of rotatable bonds is 4. The lowest BCUT2D eigenvalue weighted by Gasteiger charge is -2.10. The topological polar surface area (TPSA) is 34.1 Å². The van der Waals surface area contributed by atoms with Gasteiger partial charge in [-0.1, -0.05) is 11.6 Å². The third-order valence-corrected chi connectivity index (χ3v) is 2.84. The van der Waals surface area contributed by atoms with Crippen molar-refractivity contribution in [1.82, 2.24) is 4.98 Å². The van der Waals surface area contributed by atoms with Crippen LogP contribution in [-0.4, -0.2) is 25.2 Å². The van der Waals surface area contributed by atoms with Crippen molar-refractivity contribution in [2.45, 2.75) is 6.92 Å². The van der Waals surface area contributed by atoms with Gasteiger partial charge in [0.15, 0.2) is 0 Å². The number of hydrogen-bond donors (Lipinski definition) is 1. The molecule has 0 atom stereocenters. The Bertz CT molecular complexity index is 528. The number of benzene rings is 1. The number of hydrogen-bond acceptors (Lipinski definition) is 3. The number of ether oxygens (including phenoxy) is 1. The Morgan fingerprint density at radius 3 is 3.00 bits per heavy atom. The molecule has 90 valence electrons. The van der Waals surface area contributed by atoms with Crippen LogP contribution in [0.4, 0.5) is 5.69 Å². The zero-order chi connectivity index (χ0) is 12.3. The summed E-state index contributed by atoms with van der Waals surface area (Å²) in [5.41, 5.74) is 3.11. The molecule has 1 aromatic carbocycles. The van der Waals surface area contributed by atoms with Crippen LogP contribution < -0.4 is 5.32 Å². The normalized spacial score (nSPS) is 10.8. The number of pyridine rings is 1. The average Bonchev–Trinajstić information content (AvgIpc) is 2.30. The Morgan fingerprint density at radius 1 is 1.41 bits per heavy atom. The zero-order valence-corrected chi connectivity index (χ0v) is 10.7. The molecule has 0 radical (unpaired) electrons. The van der Waals surface area contributed by atoms with Gasteiger partial charge in [-0.25, -0.2) is 0 Å². The van der Waals surface area contributed by atoms with Crippen LogP contribution in [0, 0.1) is 6.92 Å². The lowest BCUT2D eigenvalue weighted by molar-refractivity contribution is 0.211. The van der Waals surface area contributed by atoms with E-state index < -0.39 is 0 Å². The Labute approximate surface area is 106 Å². The first-order valence-electron chi connectivity index (χ1n) is 5.50. The van der Waals surface area contributed by atoms with Crippen LogP contribution in [-0.2, 0) is 4.74 Å². The fraction of sp³-hybridized carbons (Fsp3) is 0.308. The van der Waals surface area contributed by atoms with Gasteiger partial charge in [0.2, 0.25) is 0 Å². The van der Waals surface area contributed by atoms with Crippen LogP contribution in [0.1, 0.15) is 5.56 Å². The van der Waals surface area contributed by atoms with E-state index in [1.54, 1.807) is 13.3 Å².